The number of benzene rings is 1. The van der Waals surface area contributed by atoms with E-state index in [4.69, 9.17) is 0 Å². The van der Waals surface area contributed by atoms with E-state index in [9.17, 15) is 5.11 Å². The molecular formula is C13H17N3O. The molecule has 0 amide bonds. The van der Waals surface area contributed by atoms with Crippen LogP contribution in [0.1, 0.15) is 12.8 Å². The summed E-state index contributed by atoms with van der Waals surface area (Å²) in [5.74, 6) is 0.993. The minimum atomic E-state index is 0.328. The number of rotatable bonds is 2. The highest BCUT2D eigenvalue weighted by Crippen LogP contribution is 2.25. The van der Waals surface area contributed by atoms with Crippen molar-refractivity contribution in [2.24, 2.45) is 5.92 Å². The molecule has 0 bridgehead atoms. The van der Waals surface area contributed by atoms with Crippen LogP contribution in [-0.2, 0) is 6.54 Å². The third-order valence-electron chi connectivity index (χ3n) is 3.53. The molecule has 1 aliphatic heterocycles. The Kier molecular flexibility index (Phi) is 2.73. The van der Waals surface area contributed by atoms with Crippen LogP contribution in [0, 0.1) is 5.92 Å². The molecular weight excluding hydrogens is 214 g/mol. The van der Waals surface area contributed by atoms with Crippen LogP contribution in [0.3, 0.4) is 0 Å². The van der Waals surface area contributed by atoms with Crippen LogP contribution in [0.4, 0.5) is 0 Å². The van der Waals surface area contributed by atoms with Gasteiger partial charge in [0.2, 0.25) is 0 Å². The quantitative estimate of drug-likeness (QED) is 0.827. The minimum Gasteiger partial charge on any atom is -0.506 e. The SMILES string of the molecule is Oc1cccc2cnn(CC3CCNCC3)c12. The Morgan fingerprint density at radius 3 is 3.00 bits per heavy atom. The van der Waals surface area contributed by atoms with Gasteiger partial charge in [0.05, 0.1) is 6.20 Å². The zero-order chi connectivity index (χ0) is 11.7. The van der Waals surface area contributed by atoms with Crippen molar-refractivity contribution in [2.45, 2.75) is 19.4 Å². The summed E-state index contributed by atoms with van der Waals surface area (Å²) >= 11 is 0. The van der Waals surface area contributed by atoms with Gasteiger partial charge in [-0.3, -0.25) is 4.68 Å². The van der Waals surface area contributed by atoms with Crippen molar-refractivity contribution in [1.82, 2.24) is 15.1 Å². The minimum absolute atomic E-state index is 0.328. The standard InChI is InChI=1S/C13H17N3O/c17-12-3-1-2-11-8-15-16(13(11)12)9-10-4-6-14-7-5-10/h1-3,8,10,14,17H,4-7,9H2. The van der Waals surface area contributed by atoms with Gasteiger partial charge >= 0.3 is 0 Å². The monoisotopic (exact) mass is 231 g/mol. The molecule has 1 fully saturated rings. The molecule has 2 heterocycles. The van der Waals surface area contributed by atoms with Gasteiger partial charge in [0.15, 0.2) is 0 Å². The number of phenolic OH excluding ortho intramolecular Hbond substituents is 1. The van der Waals surface area contributed by atoms with Gasteiger partial charge < -0.3 is 10.4 Å². The van der Waals surface area contributed by atoms with Crippen LogP contribution in [0.2, 0.25) is 0 Å². The summed E-state index contributed by atoms with van der Waals surface area (Å²) in [7, 11) is 0. The number of nitrogens with one attached hydrogen (secondary N) is 1. The van der Waals surface area contributed by atoms with E-state index in [0.29, 0.717) is 11.7 Å². The molecule has 90 valence electrons. The third-order valence-corrected chi connectivity index (χ3v) is 3.53. The van der Waals surface area contributed by atoms with Crippen molar-refractivity contribution in [3.8, 4) is 5.75 Å². The Balaban J connectivity index is 1.89. The molecule has 1 aliphatic rings. The van der Waals surface area contributed by atoms with E-state index >= 15 is 0 Å². The smallest absolute Gasteiger partial charge is 0.141 e. The zero-order valence-corrected chi connectivity index (χ0v) is 9.76. The average molecular weight is 231 g/mol. The molecule has 4 heteroatoms. The predicted molar refractivity (Wildman–Crippen MR) is 67.0 cm³/mol. The summed E-state index contributed by atoms with van der Waals surface area (Å²) in [5, 5.41) is 18.7. The first-order valence-electron chi connectivity index (χ1n) is 6.19. The van der Waals surface area contributed by atoms with E-state index in [1.165, 1.54) is 12.8 Å². The number of hydrogen-bond donors (Lipinski definition) is 2. The lowest BCUT2D eigenvalue weighted by Crippen LogP contribution is -2.30. The Hall–Kier alpha value is -1.55. The van der Waals surface area contributed by atoms with Gasteiger partial charge in [-0.1, -0.05) is 12.1 Å². The van der Waals surface area contributed by atoms with Gasteiger partial charge in [-0.05, 0) is 37.9 Å². The van der Waals surface area contributed by atoms with Crippen molar-refractivity contribution >= 4 is 10.9 Å². The van der Waals surface area contributed by atoms with Crippen molar-refractivity contribution in [3.63, 3.8) is 0 Å². The molecule has 0 unspecified atom stereocenters. The van der Waals surface area contributed by atoms with Crippen LogP contribution in [0.15, 0.2) is 24.4 Å². The lowest BCUT2D eigenvalue weighted by Gasteiger charge is -2.22. The van der Waals surface area contributed by atoms with Crippen LogP contribution in [0.5, 0.6) is 5.75 Å². The molecule has 1 saturated heterocycles. The molecule has 3 rings (SSSR count). The Morgan fingerprint density at radius 1 is 1.35 bits per heavy atom. The van der Waals surface area contributed by atoms with Gasteiger partial charge in [-0.2, -0.15) is 5.10 Å². The highest BCUT2D eigenvalue weighted by molar-refractivity contribution is 5.84. The number of aromatic nitrogens is 2. The normalized spacial score (nSPS) is 17.6. The zero-order valence-electron chi connectivity index (χ0n) is 9.76. The fourth-order valence-corrected chi connectivity index (χ4v) is 2.57. The van der Waals surface area contributed by atoms with Crippen molar-refractivity contribution in [3.05, 3.63) is 24.4 Å². The summed E-state index contributed by atoms with van der Waals surface area (Å²) in [6.07, 6.45) is 4.21. The molecule has 2 N–H and O–H groups in total. The average Bonchev–Trinajstić information content (AvgIpc) is 2.75. The molecule has 0 aliphatic carbocycles. The van der Waals surface area contributed by atoms with Crippen molar-refractivity contribution in [1.29, 1.82) is 0 Å². The number of hydrogen-bond acceptors (Lipinski definition) is 3. The van der Waals surface area contributed by atoms with E-state index in [0.717, 1.165) is 30.5 Å². The number of para-hydroxylation sites is 1. The highest BCUT2D eigenvalue weighted by atomic mass is 16.3. The molecule has 1 aromatic heterocycles. The summed E-state index contributed by atoms with van der Waals surface area (Å²) in [4.78, 5) is 0. The highest BCUT2D eigenvalue weighted by Gasteiger charge is 2.16. The topological polar surface area (TPSA) is 50.1 Å². The van der Waals surface area contributed by atoms with Crippen molar-refractivity contribution < 1.29 is 5.11 Å². The first-order valence-corrected chi connectivity index (χ1v) is 6.19. The molecule has 0 saturated carbocycles. The number of nitrogens with zero attached hydrogens (tertiary/aromatic N) is 2. The molecule has 4 nitrogen and oxygen atoms in total. The fraction of sp³-hybridized carbons (Fsp3) is 0.462. The molecule has 17 heavy (non-hydrogen) atoms. The number of piperidine rings is 1. The van der Waals surface area contributed by atoms with Gasteiger partial charge in [-0.15, -0.1) is 0 Å². The maximum absolute atomic E-state index is 9.90. The second-order valence-electron chi connectivity index (χ2n) is 4.74. The van der Waals surface area contributed by atoms with Crippen molar-refractivity contribution in [2.75, 3.05) is 13.1 Å². The van der Waals surface area contributed by atoms with Crippen LogP contribution in [-0.4, -0.2) is 28.0 Å². The fourth-order valence-electron chi connectivity index (χ4n) is 2.57. The van der Waals surface area contributed by atoms with Crippen LogP contribution < -0.4 is 5.32 Å². The van der Waals surface area contributed by atoms with E-state index in [1.54, 1.807) is 6.07 Å². The summed E-state index contributed by atoms with van der Waals surface area (Å²) < 4.78 is 1.95. The maximum atomic E-state index is 9.90. The molecule has 0 radical (unpaired) electrons. The summed E-state index contributed by atoms with van der Waals surface area (Å²) in [6, 6.07) is 5.57. The molecule has 0 spiro atoms. The van der Waals surface area contributed by atoms with Gasteiger partial charge in [0, 0.05) is 11.9 Å². The number of fused-ring (bicyclic) bond motifs is 1. The Bertz CT molecular complexity index is 514. The first-order chi connectivity index (χ1) is 8.34. The van der Waals surface area contributed by atoms with Crippen LogP contribution in [0.25, 0.3) is 10.9 Å². The lowest BCUT2D eigenvalue weighted by atomic mass is 9.98. The largest absolute Gasteiger partial charge is 0.506 e. The molecule has 2 aromatic rings. The molecule has 1 aromatic carbocycles. The van der Waals surface area contributed by atoms with Gasteiger partial charge in [0.1, 0.15) is 11.3 Å². The first kappa shape index (κ1) is 10.6. The second-order valence-corrected chi connectivity index (χ2v) is 4.74. The lowest BCUT2D eigenvalue weighted by molar-refractivity contribution is 0.324. The Labute approximate surface area is 100 Å². The van der Waals surface area contributed by atoms with E-state index in [2.05, 4.69) is 10.4 Å². The van der Waals surface area contributed by atoms with Gasteiger partial charge in [0.25, 0.3) is 0 Å². The van der Waals surface area contributed by atoms with Gasteiger partial charge in [-0.25, -0.2) is 0 Å². The molecule has 0 atom stereocenters. The summed E-state index contributed by atoms with van der Waals surface area (Å²) in [5.41, 5.74) is 0.867. The summed E-state index contributed by atoms with van der Waals surface area (Å²) in [6.45, 7) is 3.09. The number of phenols is 1. The van der Waals surface area contributed by atoms with E-state index in [1.807, 2.05) is 23.0 Å². The predicted octanol–water partition coefficient (Wildman–Crippen LogP) is 1.74. The van der Waals surface area contributed by atoms with Crippen LogP contribution >= 0.6 is 0 Å². The third kappa shape index (κ3) is 2.00. The maximum Gasteiger partial charge on any atom is 0.141 e. The van der Waals surface area contributed by atoms with E-state index in [-0.39, 0.29) is 0 Å². The Morgan fingerprint density at radius 2 is 2.18 bits per heavy atom. The number of aromatic hydroxyl groups is 1. The second kappa shape index (κ2) is 4.37. The van der Waals surface area contributed by atoms with E-state index < -0.39 is 0 Å².